The van der Waals surface area contributed by atoms with Crippen molar-refractivity contribution in [3.8, 4) is 0 Å². The Morgan fingerprint density at radius 1 is 0.885 bits per heavy atom. The average molecular weight is 351 g/mol. The molecule has 26 heavy (non-hydrogen) atoms. The molecule has 0 bridgehead atoms. The number of aryl methyl sites for hydroxylation is 1. The van der Waals surface area contributed by atoms with Crippen molar-refractivity contribution in [1.82, 2.24) is 5.01 Å². The molecule has 0 spiro atoms. The molecule has 1 saturated heterocycles. The number of hydrogen-bond acceptors (Lipinski definition) is 4. The number of hydrazone groups is 1. The molecule has 1 fully saturated rings. The zero-order chi connectivity index (χ0) is 18.4. The number of piperazine rings is 1. The van der Waals surface area contributed by atoms with E-state index >= 15 is 0 Å². The fourth-order valence-corrected chi connectivity index (χ4v) is 3.33. The van der Waals surface area contributed by atoms with Gasteiger partial charge in [0.15, 0.2) is 0 Å². The molecule has 0 aliphatic carbocycles. The van der Waals surface area contributed by atoms with Gasteiger partial charge in [-0.3, -0.25) is 5.01 Å². The molecular formula is C22H30N4. The van der Waals surface area contributed by atoms with Gasteiger partial charge in [0, 0.05) is 37.6 Å². The summed E-state index contributed by atoms with van der Waals surface area (Å²) in [5, 5.41) is 6.85. The molecule has 0 saturated carbocycles. The lowest BCUT2D eigenvalue weighted by Crippen LogP contribution is -2.44. The van der Waals surface area contributed by atoms with Crippen molar-refractivity contribution in [2.45, 2.75) is 20.8 Å². The highest BCUT2D eigenvalue weighted by Crippen LogP contribution is 2.17. The van der Waals surface area contributed by atoms with Gasteiger partial charge < -0.3 is 9.80 Å². The van der Waals surface area contributed by atoms with Crippen LogP contribution in [-0.2, 0) is 0 Å². The van der Waals surface area contributed by atoms with Crippen molar-refractivity contribution < 1.29 is 0 Å². The standard InChI is InChI=1S/C22H30N4/c1-4-24(5-2)21-12-8-20(9-13-21)18-23-26-16-14-25(15-17-26)22-10-6-19(3)7-11-22/h6-13,18H,4-5,14-17H2,1-3H3/b23-18+. The second-order valence-corrected chi connectivity index (χ2v) is 6.78. The van der Waals surface area contributed by atoms with Gasteiger partial charge in [-0.15, -0.1) is 0 Å². The summed E-state index contributed by atoms with van der Waals surface area (Å²) in [4.78, 5) is 4.79. The lowest BCUT2D eigenvalue weighted by molar-refractivity contribution is 0.272. The van der Waals surface area contributed by atoms with Crippen LogP contribution in [-0.4, -0.2) is 50.5 Å². The van der Waals surface area contributed by atoms with Crippen LogP contribution in [0.5, 0.6) is 0 Å². The fraction of sp³-hybridized carbons (Fsp3) is 0.409. The number of hydrogen-bond donors (Lipinski definition) is 0. The number of rotatable bonds is 6. The smallest absolute Gasteiger partial charge is 0.0542 e. The fourth-order valence-electron chi connectivity index (χ4n) is 3.33. The second-order valence-electron chi connectivity index (χ2n) is 6.78. The van der Waals surface area contributed by atoms with Crippen LogP contribution < -0.4 is 9.80 Å². The highest BCUT2D eigenvalue weighted by atomic mass is 15.5. The zero-order valence-electron chi connectivity index (χ0n) is 16.2. The molecule has 4 heteroatoms. The molecule has 0 atom stereocenters. The zero-order valence-corrected chi connectivity index (χ0v) is 16.2. The SMILES string of the molecule is CCN(CC)c1ccc(/C=N/N2CCN(c3ccc(C)cc3)CC2)cc1. The van der Waals surface area contributed by atoms with Gasteiger partial charge in [0.2, 0.25) is 0 Å². The molecular weight excluding hydrogens is 320 g/mol. The van der Waals surface area contributed by atoms with Crippen LogP contribution >= 0.6 is 0 Å². The summed E-state index contributed by atoms with van der Waals surface area (Å²) in [5.41, 5.74) is 5.05. The maximum Gasteiger partial charge on any atom is 0.0542 e. The minimum Gasteiger partial charge on any atom is -0.372 e. The van der Waals surface area contributed by atoms with Gasteiger partial charge in [0.05, 0.1) is 19.3 Å². The second kappa shape index (κ2) is 8.75. The van der Waals surface area contributed by atoms with Crippen molar-refractivity contribution in [3.05, 3.63) is 59.7 Å². The Bertz CT molecular complexity index is 694. The Balaban J connectivity index is 1.53. The van der Waals surface area contributed by atoms with E-state index in [9.17, 15) is 0 Å². The van der Waals surface area contributed by atoms with Crippen LogP contribution in [0.25, 0.3) is 0 Å². The summed E-state index contributed by atoms with van der Waals surface area (Å²) in [7, 11) is 0. The summed E-state index contributed by atoms with van der Waals surface area (Å²) >= 11 is 0. The van der Waals surface area contributed by atoms with E-state index in [2.05, 4.69) is 89.2 Å². The summed E-state index contributed by atoms with van der Waals surface area (Å²) in [6, 6.07) is 17.5. The van der Waals surface area contributed by atoms with Crippen molar-refractivity contribution in [2.24, 2.45) is 5.10 Å². The molecule has 0 aromatic heterocycles. The van der Waals surface area contributed by atoms with Gasteiger partial charge in [0.1, 0.15) is 0 Å². The summed E-state index contributed by atoms with van der Waals surface area (Å²) in [5.74, 6) is 0. The first-order valence-electron chi connectivity index (χ1n) is 9.65. The molecule has 4 nitrogen and oxygen atoms in total. The predicted octanol–water partition coefficient (Wildman–Crippen LogP) is 4.00. The van der Waals surface area contributed by atoms with E-state index in [0.29, 0.717) is 0 Å². The third-order valence-corrected chi connectivity index (χ3v) is 5.05. The van der Waals surface area contributed by atoms with Crippen LogP contribution in [0.4, 0.5) is 11.4 Å². The molecule has 0 radical (unpaired) electrons. The first kappa shape index (κ1) is 18.3. The van der Waals surface area contributed by atoms with Gasteiger partial charge in [-0.05, 0) is 50.6 Å². The Labute approximate surface area is 157 Å². The molecule has 0 N–H and O–H groups in total. The van der Waals surface area contributed by atoms with Crippen LogP contribution in [0.15, 0.2) is 53.6 Å². The maximum atomic E-state index is 4.68. The minimum atomic E-state index is 0.960. The van der Waals surface area contributed by atoms with E-state index in [-0.39, 0.29) is 0 Å². The Kier molecular flexibility index (Phi) is 6.16. The topological polar surface area (TPSA) is 22.1 Å². The first-order valence-corrected chi connectivity index (χ1v) is 9.65. The molecule has 0 amide bonds. The molecule has 2 aromatic rings. The maximum absolute atomic E-state index is 4.68. The Morgan fingerprint density at radius 2 is 1.50 bits per heavy atom. The summed E-state index contributed by atoms with van der Waals surface area (Å²) < 4.78 is 0. The number of anilines is 2. The normalized spacial score (nSPS) is 14.9. The van der Waals surface area contributed by atoms with Crippen molar-refractivity contribution in [1.29, 1.82) is 0 Å². The predicted molar refractivity (Wildman–Crippen MR) is 113 cm³/mol. The lowest BCUT2D eigenvalue weighted by atomic mass is 10.2. The van der Waals surface area contributed by atoms with E-state index in [4.69, 9.17) is 0 Å². The van der Waals surface area contributed by atoms with E-state index in [1.807, 2.05) is 6.21 Å². The van der Waals surface area contributed by atoms with E-state index in [1.165, 1.54) is 16.9 Å². The van der Waals surface area contributed by atoms with Crippen molar-refractivity contribution in [3.63, 3.8) is 0 Å². The van der Waals surface area contributed by atoms with E-state index in [0.717, 1.165) is 44.8 Å². The molecule has 2 aromatic carbocycles. The third-order valence-electron chi connectivity index (χ3n) is 5.05. The van der Waals surface area contributed by atoms with E-state index < -0.39 is 0 Å². The van der Waals surface area contributed by atoms with Gasteiger partial charge in [-0.2, -0.15) is 5.10 Å². The highest BCUT2D eigenvalue weighted by molar-refractivity contribution is 5.80. The molecule has 1 heterocycles. The lowest BCUT2D eigenvalue weighted by Gasteiger charge is -2.34. The number of benzene rings is 2. The van der Waals surface area contributed by atoms with Gasteiger partial charge in [0.25, 0.3) is 0 Å². The average Bonchev–Trinajstić information content (AvgIpc) is 2.69. The van der Waals surface area contributed by atoms with Crippen LogP contribution in [0.1, 0.15) is 25.0 Å². The third kappa shape index (κ3) is 4.57. The highest BCUT2D eigenvalue weighted by Gasteiger charge is 2.15. The monoisotopic (exact) mass is 350 g/mol. The quantitative estimate of drug-likeness (QED) is 0.735. The largest absolute Gasteiger partial charge is 0.372 e. The Morgan fingerprint density at radius 3 is 2.08 bits per heavy atom. The molecule has 138 valence electrons. The summed E-state index contributed by atoms with van der Waals surface area (Å²) in [6.45, 7) is 12.5. The number of nitrogens with zero attached hydrogens (tertiary/aromatic N) is 4. The first-order chi connectivity index (χ1) is 12.7. The van der Waals surface area contributed by atoms with Crippen molar-refractivity contribution in [2.75, 3.05) is 49.1 Å². The van der Waals surface area contributed by atoms with Gasteiger partial charge in [-0.25, -0.2) is 0 Å². The molecule has 1 aliphatic heterocycles. The molecule has 3 rings (SSSR count). The molecule has 1 aliphatic rings. The summed E-state index contributed by atoms with van der Waals surface area (Å²) in [6.07, 6.45) is 1.98. The van der Waals surface area contributed by atoms with E-state index in [1.54, 1.807) is 0 Å². The van der Waals surface area contributed by atoms with Gasteiger partial charge >= 0.3 is 0 Å². The Hall–Kier alpha value is -2.49. The van der Waals surface area contributed by atoms with Crippen LogP contribution in [0.2, 0.25) is 0 Å². The van der Waals surface area contributed by atoms with Crippen LogP contribution in [0.3, 0.4) is 0 Å². The van der Waals surface area contributed by atoms with Gasteiger partial charge in [-0.1, -0.05) is 29.8 Å². The molecule has 0 unspecified atom stereocenters. The van der Waals surface area contributed by atoms with Crippen LogP contribution in [0, 0.1) is 6.92 Å². The minimum absolute atomic E-state index is 0.960. The van der Waals surface area contributed by atoms with Crippen molar-refractivity contribution >= 4 is 17.6 Å².